The number of benzene rings is 1. The fraction of sp³-hybridized carbons (Fsp3) is 0.417. The third-order valence-corrected chi connectivity index (χ3v) is 6.23. The standard InChI is InChI=1S/C12H16N2O5S2/c13-10-7-8(12(15)16)1-2-11(10)21(18,19)14-9-3-5-20(17)6-4-9/h1-2,7,9,14H,3-6,13H2,(H,15,16). The molecule has 1 aromatic rings. The van der Waals surface area contributed by atoms with E-state index in [1.807, 2.05) is 0 Å². The fourth-order valence-electron chi connectivity index (χ4n) is 2.12. The number of nitrogen functional groups attached to an aromatic ring is 1. The summed E-state index contributed by atoms with van der Waals surface area (Å²) >= 11 is 0. The summed E-state index contributed by atoms with van der Waals surface area (Å²) in [6, 6.07) is 3.23. The quantitative estimate of drug-likeness (QED) is 0.674. The first-order valence-electron chi connectivity index (χ1n) is 6.30. The first-order valence-corrected chi connectivity index (χ1v) is 9.27. The highest BCUT2D eigenvalue weighted by Crippen LogP contribution is 2.21. The van der Waals surface area contributed by atoms with Crippen LogP contribution in [-0.4, -0.2) is 41.3 Å². The lowest BCUT2D eigenvalue weighted by Crippen LogP contribution is -2.39. The summed E-state index contributed by atoms with van der Waals surface area (Å²) in [4.78, 5) is 10.7. The minimum absolute atomic E-state index is 0.0699. The molecule has 4 N–H and O–H groups in total. The molecule has 1 fully saturated rings. The maximum absolute atomic E-state index is 12.3. The van der Waals surface area contributed by atoms with E-state index in [0.29, 0.717) is 24.3 Å². The van der Waals surface area contributed by atoms with Crippen LogP contribution in [0.2, 0.25) is 0 Å². The van der Waals surface area contributed by atoms with Crippen LogP contribution in [0, 0.1) is 0 Å². The van der Waals surface area contributed by atoms with Crippen LogP contribution in [0.4, 0.5) is 5.69 Å². The molecule has 0 spiro atoms. The van der Waals surface area contributed by atoms with E-state index in [4.69, 9.17) is 10.8 Å². The first-order chi connectivity index (χ1) is 9.79. The van der Waals surface area contributed by atoms with Gasteiger partial charge >= 0.3 is 5.97 Å². The molecule has 2 rings (SSSR count). The monoisotopic (exact) mass is 332 g/mol. The maximum Gasteiger partial charge on any atom is 0.335 e. The van der Waals surface area contributed by atoms with Gasteiger partial charge in [-0.3, -0.25) is 4.21 Å². The van der Waals surface area contributed by atoms with Gasteiger partial charge in [0.2, 0.25) is 10.0 Å². The van der Waals surface area contributed by atoms with Gasteiger partial charge in [0.05, 0.1) is 11.3 Å². The summed E-state index contributed by atoms with van der Waals surface area (Å²) in [5.74, 6) is -0.227. The van der Waals surface area contributed by atoms with Crippen LogP contribution in [0.1, 0.15) is 23.2 Å². The van der Waals surface area contributed by atoms with Crippen LogP contribution in [0.25, 0.3) is 0 Å². The average Bonchev–Trinajstić information content (AvgIpc) is 2.40. The van der Waals surface area contributed by atoms with E-state index < -0.39 is 26.8 Å². The zero-order chi connectivity index (χ0) is 15.6. The molecule has 0 unspecified atom stereocenters. The molecule has 1 aliphatic rings. The summed E-state index contributed by atoms with van der Waals surface area (Å²) in [7, 11) is -4.69. The van der Waals surface area contributed by atoms with Gasteiger partial charge in [-0.1, -0.05) is 0 Å². The minimum atomic E-state index is -3.82. The largest absolute Gasteiger partial charge is 0.478 e. The molecule has 1 aromatic carbocycles. The SMILES string of the molecule is Nc1cc(C(=O)O)ccc1S(=O)(=O)NC1CCS(=O)CC1. The number of carboxylic acid groups (broad SMARTS) is 1. The Morgan fingerprint density at radius 2 is 1.95 bits per heavy atom. The Bertz CT molecular complexity index is 677. The van der Waals surface area contributed by atoms with E-state index in [2.05, 4.69) is 4.72 Å². The van der Waals surface area contributed by atoms with Crippen molar-refractivity contribution in [1.82, 2.24) is 4.72 Å². The molecule has 116 valence electrons. The van der Waals surface area contributed by atoms with Crippen molar-refractivity contribution in [2.45, 2.75) is 23.8 Å². The van der Waals surface area contributed by atoms with Crippen molar-refractivity contribution in [2.24, 2.45) is 0 Å². The summed E-state index contributed by atoms with van der Waals surface area (Å²) in [6.45, 7) is 0. The molecular formula is C12H16N2O5S2. The van der Waals surface area contributed by atoms with E-state index in [1.165, 1.54) is 12.1 Å². The lowest BCUT2D eigenvalue weighted by Gasteiger charge is -2.22. The van der Waals surface area contributed by atoms with Gasteiger partial charge in [0.15, 0.2) is 0 Å². The van der Waals surface area contributed by atoms with E-state index in [0.717, 1.165) is 6.07 Å². The Hall–Kier alpha value is -1.45. The van der Waals surface area contributed by atoms with Gasteiger partial charge in [0.25, 0.3) is 0 Å². The zero-order valence-corrected chi connectivity index (χ0v) is 12.7. The third-order valence-electron chi connectivity index (χ3n) is 3.26. The van der Waals surface area contributed by atoms with E-state index in [1.54, 1.807) is 0 Å². The smallest absolute Gasteiger partial charge is 0.335 e. The Kier molecular flexibility index (Phi) is 4.64. The molecule has 0 radical (unpaired) electrons. The molecular weight excluding hydrogens is 316 g/mol. The average molecular weight is 332 g/mol. The van der Waals surface area contributed by atoms with Crippen LogP contribution in [0.5, 0.6) is 0 Å². The van der Waals surface area contributed by atoms with Gasteiger partial charge in [-0.2, -0.15) is 0 Å². The lowest BCUT2D eigenvalue weighted by atomic mass is 10.2. The van der Waals surface area contributed by atoms with Gasteiger partial charge in [0.1, 0.15) is 4.90 Å². The molecule has 0 bridgehead atoms. The van der Waals surface area contributed by atoms with Crippen molar-refractivity contribution in [2.75, 3.05) is 17.2 Å². The summed E-state index contributed by atoms with van der Waals surface area (Å²) in [5.41, 5.74) is 5.46. The Morgan fingerprint density at radius 3 is 2.48 bits per heavy atom. The van der Waals surface area contributed by atoms with Gasteiger partial charge in [-0.15, -0.1) is 0 Å². The van der Waals surface area contributed by atoms with Crippen LogP contribution in [-0.2, 0) is 20.8 Å². The number of anilines is 1. The van der Waals surface area contributed by atoms with Crippen molar-refractivity contribution in [3.05, 3.63) is 23.8 Å². The van der Waals surface area contributed by atoms with Crippen molar-refractivity contribution in [1.29, 1.82) is 0 Å². The van der Waals surface area contributed by atoms with Gasteiger partial charge < -0.3 is 10.8 Å². The summed E-state index contributed by atoms with van der Waals surface area (Å²) < 4.78 is 38.3. The fourth-order valence-corrected chi connectivity index (χ4v) is 4.84. The molecule has 1 saturated heterocycles. The van der Waals surface area contributed by atoms with Gasteiger partial charge in [-0.05, 0) is 31.0 Å². The number of rotatable bonds is 4. The molecule has 0 aliphatic carbocycles. The molecule has 0 amide bonds. The highest BCUT2D eigenvalue weighted by Gasteiger charge is 2.25. The second kappa shape index (κ2) is 6.12. The second-order valence-electron chi connectivity index (χ2n) is 4.80. The van der Waals surface area contributed by atoms with E-state index >= 15 is 0 Å². The second-order valence-corrected chi connectivity index (χ2v) is 8.18. The van der Waals surface area contributed by atoms with Crippen LogP contribution in [0.3, 0.4) is 0 Å². The Balaban J connectivity index is 2.19. The van der Waals surface area contributed by atoms with Gasteiger partial charge in [-0.25, -0.2) is 17.9 Å². The highest BCUT2D eigenvalue weighted by atomic mass is 32.2. The summed E-state index contributed by atoms with van der Waals surface area (Å²) in [6.07, 6.45) is 1.03. The van der Waals surface area contributed by atoms with E-state index in [-0.39, 0.29) is 22.2 Å². The zero-order valence-electron chi connectivity index (χ0n) is 11.1. The summed E-state index contributed by atoms with van der Waals surface area (Å²) in [5, 5.41) is 8.84. The van der Waals surface area contributed by atoms with Gasteiger partial charge in [0, 0.05) is 28.3 Å². The topological polar surface area (TPSA) is 127 Å². The van der Waals surface area contributed by atoms with Crippen molar-refractivity contribution < 1.29 is 22.5 Å². The predicted molar refractivity (Wildman–Crippen MR) is 79.0 cm³/mol. The lowest BCUT2D eigenvalue weighted by molar-refractivity contribution is 0.0697. The number of carbonyl (C=O) groups is 1. The first kappa shape index (κ1) is 15.9. The molecule has 21 heavy (non-hydrogen) atoms. The maximum atomic E-state index is 12.3. The number of nitrogens with one attached hydrogen (secondary N) is 1. The van der Waals surface area contributed by atoms with Crippen molar-refractivity contribution in [3.8, 4) is 0 Å². The molecule has 1 aliphatic heterocycles. The van der Waals surface area contributed by atoms with Crippen LogP contribution < -0.4 is 10.5 Å². The van der Waals surface area contributed by atoms with Crippen molar-refractivity contribution in [3.63, 3.8) is 0 Å². The molecule has 1 heterocycles. The number of hydrogen-bond acceptors (Lipinski definition) is 5. The molecule has 0 aromatic heterocycles. The number of hydrogen-bond donors (Lipinski definition) is 3. The predicted octanol–water partition coefficient (Wildman–Crippen LogP) is 0.156. The molecule has 0 saturated carbocycles. The number of carboxylic acids is 1. The van der Waals surface area contributed by atoms with Crippen LogP contribution in [0.15, 0.2) is 23.1 Å². The normalized spacial score (nSPS) is 22.9. The van der Waals surface area contributed by atoms with E-state index in [9.17, 15) is 17.4 Å². The van der Waals surface area contributed by atoms with Crippen LogP contribution >= 0.6 is 0 Å². The number of nitrogens with two attached hydrogens (primary N) is 1. The molecule has 0 atom stereocenters. The number of sulfonamides is 1. The number of aromatic carboxylic acids is 1. The Morgan fingerprint density at radius 1 is 1.33 bits per heavy atom. The van der Waals surface area contributed by atoms with Crippen molar-refractivity contribution >= 4 is 32.5 Å². The Labute approximate surface area is 125 Å². The highest BCUT2D eigenvalue weighted by molar-refractivity contribution is 7.89. The molecule has 9 heteroatoms. The third kappa shape index (κ3) is 3.80. The molecule has 7 nitrogen and oxygen atoms in total. The minimum Gasteiger partial charge on any atom is -0.478 e.